The van der Waals surface area contributed by atoms with Crippen LogP contribution in [0.25, 0.3) is 0 Å². The predicted octanol–water partition coefficient (Wildman–Crippen LogP) is 3.63. The van der Waals surface area contributed by atoms with Gasteiger partial charge in [0.1, 0.15) is 0 Å². The van der Waals surface area contributed by atoms with E-state index in [4.69, 9.17) is 0 Å². The van der Waals surface area contributed by atoms with Crippen molar-refractivity contribution in [2.75, 3.05) is 0 Å². The van der Waals surface area contributed by atoms with Gasteiger partial charge in [0.05, 0.1) is 6.04 Å². The highest BCUT2D eigenvalue weighted by molar-refractivity contribution is 7.10. The molecular weight excluding hydrogens is 230 g/mol. The van der Waals surface area contributed by atoms with Crippen molar-refractivity contribution >= 4 is 17.2 Å². The van der Waals surface area contributed by atoms with E-state index in [2.05, 4.69) is 18.3 Å². The fourth-order valence-corrected chi connectivity index (χ4v) is 2.56. The average Bonchev–Trinajstić information content (AvgIpc) is 2.90. The molecule has 1 N–H and O–H groups in total. The van der Waals surface area contributed by atoms with E-state index in [-0.39, 0.29) is 11.9 Å². The SMILES string of the molecule is CCC(NC(=O)c1ccccc1)c1cccs1. The second-order valence-electron chi connectivity index (χ2n) is 3.82. The highest BCUT2D eigenvalue weighted by Crippen LogP contribution is 2.21. The summed E-state index contributed by atoms with van der Waals surface area (Å²) in [4.78, 5) is 13.2. The molecule has 1 aromatic heterocycles. The molecule has 1 atom stereocenters. The lowest BCUT2D eigenvalue weighted by Gasteiger charge is -2.15. The van der Waals surface area contributed by atoms with E-state index in [1.165, 1.54) is 4.88 Å². The lowest BCUT2D eigenvalue weighted by atomic mass is 10.1. The van der Waals surface area contributed by atoms with E-state index in [1.807, 2.05) is 41.8 Å². The van der Waals surface area contributed by atoms with E-state index in [9.17, 15) is 4.79 Å². The van der Waals surface area contributed by atoms with Gasteiger partial charge in [0.15, 0.2) is 0 Å². The molecule has 0 saturated heterocycles. The third kappa shape index (κ3) is 2.94. The molecule has 1 aromatic carbocycles. The Bertz CT molecular complexity index is 464. The average molecular weight is 245 g/mol. The molecule has 0 saturated carbocycles. The minimum Gasteiger partial charge on any atom is -0.344 e. The highest BCUT2D eigenvalue weighted by atomic mass is 32.1. The number of hydrogen-bond donors (Lipinski definition) is 1. The molecule has 1 heterocycles. The van der Waals surface area contributed by atoms with E-state index in [1.54, 1.807) is 11.3 Å². The quantitative estimate of drug-likeness (QED) is 0.875. The van der Waals surface area contributed by atoms with Crippen molar-refractivity contribution in [2.24, 2.45) is 0 Å². The molecule has 0 spiro atoms. The summed E-state index contributed by atoms with van der Waals surface area (Å²) in [5, 5.41) is 5.09. The van der Waals surface area contributed by atoms with Crippen LogP contribution in [0.15, 0.2) is 47.8 Å². The number of benzene rings is 1. The van der Waals surface area contributed by atoms with Crippen LogP contribution < -0.4 is 5.32 Å². The molecule has 0 bridgehead atoms. The first kappa shape index (κ1) is 11.9. The number of carbonyl (C=O) groups excluding carboxylic acids is 1. The molecule has 1 unspecified atom stereocenters. The van der Waals surface area contributed by atoms with Gasteiger partial charge in [-0.25, -0.2) is 0 Å². The Morgan fingerprint density at radius 3 is 2.59 bits per heavy atom. The van der Waals surface area contributed by atoms with Gasteiger partial charge in [-0.1, -0.05) is 31.2 Å². The van der Waals surface area contributed by atoms with Gasteiger partial charge in [-0.15, -0.1) is 11.3 Å². The summed E-state index contributed by atoms with van der Waals surface area (Å²) in [5.74, 6) is -0.00847. The largest absolute Gasteiger partial charge is 0.344 e. The Hall–Kier alpha value is -1.61. The number of amides is 1. The van der Waals surface area contributed by atoms with Crippen LogP contribution in [-0.4, -0.2) is 5.91 Å². The minimum absolute atomic E-state index is 0.00847. The van der Waals surface area contributed by atoms with Crippen LogP contribution in [0.5, 0.6) is 0 Å². The minimum atomic E-state index is -0.00847. The van der Waals surface area contributed by atoms with Crippen molar-refractivity contribution in [3.8, 4) is 0 Å². The fourth-order valence-electron chi connectivity index (χ4n) is 1.70. The summed E-state index contributed by atoms with van der Waals surface area (Å²) in [6.45, 7) is 2.08. The summed E-state index contributed by atoms with van der Waals surface area (Å²) < 4.78 is 0. The van der Waals surface area contributed by atoms with Crippen LogP contribution in [0.3, 0.4) is 0 Å². The van der Waals surface area contributed by atoms with Crippen molar-refractivity contribution in [3.63, 3.8) is 0 Å². The van der Waals surface area contributed by atoms with Crippen molar-refractivity contribution in [3.05, 3.63) is 58.3 Å². The summed E-state index contributed by atoms with van der Waals surface area (Å²) in [6.07, 6.45) is 0.902. The van der Waals surface area contributed by atoms with Crippen LogP contribution in [0, 0.1) is 0 Å². The van der Waals surface area contributed by atoms with Gasteiger partial charge in [0.2, 0.25) is 0 Å². The van der Waals surface area contributed by atoms with E-state index >= 15 is 0 Å². The normalized spacial score (nSPS) is 12.1. The van der Waals surface area contributed by atoms with Gasteiger partial charge in [-0.2, -0.15) is 0 Å². The van der Waals surface area contributed by atoms with E-state index in [0.29, 0.717) is 5.56 Å². The molecule has 2 nitrogen and oxygen atoms in total. The Morgan fingerprint density at radius 1 is 1.24 bits per heavy atom. The van der Waals surface area contributed by atoms with Crippen molar-refractivity contribution in [2.45, 2.75) is 19.4 Å². The van der Waals surface area contributed by atoms with Gasteiger partial charge in [0.25, 0.3) is 5.91 Å². The van der Waals surface area contributed by atoms with Crippen LogP contribution in [0.1, 0.15) is 34.6 Å². The second-order valence-corrected chi connectivity index (χ2v) is 4.80. The monoisotopic (exact) mass is 245 g/mol. The molecule has 0 fully saturated rings. The smallest absolute Gasteiger partial charge is 0.251 e. The molecular formula is C14H15NOS. The van der Waals surface area contributed by atoms with Gasteiger partial charge in [-0.05, 0) is 30.0 Å². The molecule has 2 rings (SSSR count). The number of hydrogen-bond acceptors (Lipinski definition) is 2. The lowest BCUT2D eigenvalue weighted by molar-refractivity contribution is 0.0936. The maximum atomic E-state index is 12.0. The number of rotatable bonds is 4. The van der Waals surface area contributed by atoms with E-state index < -0.39 is 0 Å². The molecule has 0 radical (unpaired) electrons. The van der Waals surface area contributed by atoms with Crippen molar-refractivity contribution in [1.29, 1.82) is 0 Å². The van der Waals surface area contributed by atoms with E-state index in [0.717, 1.165) is 6.42 Å². The van der Waals surface area contributed by atoms with Crippen LogP contribution >= 0.6 is 11.3 Å². The Morgan fingerprint density at radius 2 is 2.00 bits per heavy atom. The first-order valence-corrected chi connectivity index (χ1v) is 6.58. The first-order valence-electron chi connectivity index (χ1n) is 5.70. The zero-order valence-electron chi connectivity index (χ0n) is 9.72. The van der Waals surface area contributed by atoms with Crippen LogP contribution in [-0.2, 0) is 0 Å². The summed E-state index contributed by atoms with van der Waals surface area (Å²) in [5.41, 5.74) is 0.711. The zero-order chi connectivity index (χ0) is 12.1. The molecule has 17 heavy (non-hydrogen) atoms. The third-order valence-electron chi connectivity index (χ3n) is 2.64. The predicted molar refractivity (Wildman–Crippen MR) is 71.3 cm³/mol. The standard InChI is InChI=1S/C14H15NOS/c1-2-12(13-9-6-10-17-13)15-14(16)11-7-4-3-5-8-11/h3-10,12H,2H2,1H3,(H,15,16). The molecule has 0 aliphatic heterocycles. The molecule has 0 aliphatic rings. The molecule has 2 aromatic rings. The van der Waals surface area contributed by atoms with Crippen LogP contribution in [0.2, 0.25) is 0 Å². The first-order chi connectivity index (χ1) is 8.31. The molecule has 88 valence electrons. The zero-order valence-corrected chi connectivity index (χ0v) is 10.5. The van der Waals surface area contributed by atoms with Crippen molar-refractivity contribution < 1.29 is 4.79 Å². The van der Waals surface area contributed by atoms with Crippen LogP contribution in [0.4, 0.5) is 0 Å². The maximum Gasteiger partial charge on any atom is 0.251 e. The highest BCUT2D eigenvalue weighted by Gasteiger charge is 2.14. The molecule has 1 amide bonds. The summed E-state index contributed by atoms with van der Waals surface area (Å²) in [6, 6.07) is 13.5. The van der Waals surface area contributed by atoms with Gasteiger partial charge >= 0.3 is 0 Å². The topological polar surface area (TPSA) is 29.1 Å². The molecule has 0 aliphatic carbocycles. The Labute approximate surface area is 105 Å². The number of nitrogens with one attached hydrogen (secondary N) is 1. The molecule has 3 heteroatoms. The van der Waals surface area contributed by atoms with Gasteiger partial charge in [0, 0.05) is 10.4 Å². The number of thiophene rings is 1. The fraction of sp³-hybridized carbons (Fsp3) is 0.214. The second kappa shape index (κ2) is 5.64. The Balaban J connectivity index is 2.08. The van der Waals surface area contributed by atoms with Crippen molar-refractivity contribution in [1.82, 2.24) is 5.32 Å². The number of carbonyl (C=O) groups is 1. The Kier molecular flexibility index (Phi) is 3.94. The maximum absolute atomic E-state index is 12.0. The lowest BCUT2D eigenvalue weighted by Crippen LogP contribution is -2.27. The summed E-state index contributed by atoms with van der Waals surface area (Å²) >= 11 is 1.68. The summed E-state index contributed by atoms with van der Waals surface area (Å²) in [7, 11) is 0. The van der Waals surface area contributed by atoms with Gasteiger partial charge in [-0.3, -0.25) is 4.79 Å². The third-order valence-corrected chi connectivity index (χ3v) is 3.62. The van der Waals surface area contributed by atoms with Gasteiger partial charge < -0.3 is 5.32 Å².